The van der Waals surface area contributed by atoms with Crippen LogP contribution in [0.5, 0.6) is 0 Å². The number of nitrogens with two attached hydrogens (primary N) is 1. The Hall–Kier alpha value is -0.870. The summed E-state index contributed by atoms with van der Waals surface area (Å²) in [6, 6.07) is 7.29. The smallest absolute Gasteiger partial charge is 0.158 e. The zero-order valence-electron chi connectivity index (χ0n) is 10.7. The predicted molar refractivity (Wildman–Crippen MR) is 71.5 cm³/mol. The van der Waals surface area contributed by atoms with Gasteiger partial charge in [0.15, 0.2) is 9.84 Å². The SMILES string of the molecule is CCC(N)C(C)S(=O)(=O)Cc1cccc(C)c1. The second-order valence-corrected chi connectivity index (χ2v) is 6.93. The van der Waals surface area contributed by atoms with Crippen LogP contribution in [-0.4, -0.2) is 19.7 Å². The molecule has 0 aliphatic heterocycles. The highest BCUT2D eigenvalue weighted by Gasteiger charge is 2.25. The lowest BCUT2D eigenvalue weighted by molar-refractivity contribution is 0.551. The van der Waals surface area contributed by atoms with Gasteiger partial charge in [0.25, 0.3) is 0 Å². The summed E-state index contributed by atoms with van der Waals surface area (Å²) < 4.78 is 24.3. The Morgan fingerprint density at radius 2 is 2.00 bits per heavy atom. The summed E-state index contributed by atoms with van der Waals surface area (Å²) in [5.41, 5.74) is 7.71. The largest absolute Gasteiger partial charge is 0.327 e. The molecule has 0 fully saturated rings. The van der Waals surface area contributed by atoms with Gasteiger partial charge in [0.2, 0.25) is 0 Å². The third-order valence-electron chi connectivity index (χ3n) is 3.09. The molecule has 0 saturated heterocycles. The fraction of sp³-hybridized carbons (Fsp3) is 0.538. The summed E-state index contributed by atoms with van der Waals surface area (Å²) >= 11 is 0. The van der Waals surface area contributed by atoms with Gasteiger partial charge in [0.1, 0.15) is 0 Å². The van der Waals surface area contributed by atoms with Gasteiger partial charge in [0, 0.05) is 6.04 Å². The van der Waals surface area contributed by atoms with Crippen LogP contribution < -0.4 is 5.73 Å². The zero-order chi connectivity index (χ0) is 13.1. The average Bonchev–Trinajstić information content (AvgIpc) is 2.26. The van der Waals surface area contributed by atoms with Crippen LogP contribution in [0, 0.1) is 6.92 Å². The first kappa shape index (κ1) is 14.2. The van der Waals surface area contributed by atoms with E-state index in [4.69, 9.17) is 5.73 Å². The first-order valence-electron chi connectivity index (χ1n) is 5.89. The molecule has 0 saturated carbocycles. The van der Waals surface area contributed by atoms with Crippen molar-refractivity contribution < 1.29 is 8.42 Å². The lowest BCUT2D eigenvalue weighted by atomic mass is 10.2. The number of aryl methyl sites for hydroxylation is 1. The topological polar surface area (TPSA) is 60.2 Å². The van der Waals surface area contributed by atoms with E-state index in [1.54, 1.807) is 6.92 Å². The summed E-state index contributed by atoms with van der Waals surface area (Å²) in [6.07, 6.45) is 0.675. The Balaban J connectivity index is 2.87. The minimum Gasteiger partial charge on any atom is -0.327 e. The van der Waals surface area contributed by atoms with Crippen molar-refractivity contribution in [2.24, 2.45) is 5.73 Å². The summed E-state index contributed by atoms with van der Waals surface area (Å²) in [4.78, 5) is 0. The molecule has 0 amide bonds. The van der Waals surface area contributed by atoms with E-state index >= 15 is 0 Å². The molecule has 2 N–H and O–H groups in total. The van der Waals surface area contributed by atoms with E-state index in [9.17, 15) is 8.42 Å². The second kappa shape index (κ2) is 5.65. The fourth-order valence-corrected chi connectivity index (χ4v) is 3.40. The molecule has 2 atom stereocenters. The van der Waals surface area contributed by atoms with Crippen molar-refractivity contribution in [2.45, 2.75) is 44.2 Å². The second-order valence-electron chi connectivity index (χ2n) is 4.57. The maximum absolute atomic E-state index is 12.1. The van der Waals surface area contributed by atoms with Crippen LogP contribution in [0.3, 0.4) is 0 Å². The van der Waals surface area contributed by atoms with Crippen LogP contribution in [0.4, 0.5) is 0 Å². The van der Waals surface area contributed by atoms with E-state index in [0.717, 1.165) is 11.1 Å². The number of hydrogen-bond donors (Lipinski definition) is 1. The Morgan fingerprint density at radius 1 is 1.35 bits per heavy atom. The van der Waals surface area contributed by atoms with E-state index in [-0.39, 0.29) is 11.8 Å². The van der Waals surface area contributed by atoms with Gasteiger partial charge in [0.05, 0.1) is 11.0 Å². The molecule has 1 aromatic carbocycles. The maximum Gasteiger partial charge on any atom is 0.158 e. The van der Waals surface area contributed by atoms with Gasteiger partial charge in [-0.2, -0.15) is 0 Å². The standard InChI is InChI=1S/C13H21NO2S/c1-4-13(14)11(3)17(15,16)9-12-7-5-6-10(2)8-12/h5-8,11,13H,4,9,14H2,1-3H3. The van der Waals surface area contributed by atoms with E-state index in [1.807, 2.05) is 38.1 Å². The van der Waals surface area contributed by atoms with E-state index in [0.29, 0.717) is 6.42 Å². The molecule has 1 rings (SSSR count). The van der Waals surface area contributed by atoms with Gasteiger partial charge in [-0.05, 0) is 25.8 Å². The van der Waals surface area contributed by atoms with Gasteiger partial charge < -0.3 is 5.73 Å². The highest BCUT2D eigenvalue weighted by molar-refractivity contribution is 7.91. The highest BCUT2D eigenvalue weighted by Crippen LogP contribution is 2.15. The molecule has 96 valence electrons. The number of benzene rings is 1. The van der Waals surface area contributed by atoms with Crippen LogP contribution in [0.2, 0.25) is 0 Å². The van der Waals surface area contributed by atoms with Crippen molar-refractivity contribution in [3.05, 3.63) is 35.4 Å². The van der Waals surface area contributed by atoms with E-state index in [1.165, 1.54) is 0 Å². The Labute approximate surface area is 104 Å². The highest BCUT2D eigenvalue weighted by atomic mass is 32.2. The zero-order valence-corrected chi connectivity index (χ0v) is 11.5. The van der Waals surface area contributed by atoms with Crippen LogP contribution >= 0.6 is 0 Å². The molecule has 17 heavy (non-hydrogen) atoms. The van der Waals surface area contributed by atoms with Crippen LogP contribution in [0.15, 0.2) is 24.3 Å². The molecule has 1 aromatic rings. The fourth-order valence-electron chi connectivity index (χ4n) is 1.76. The summed E-state index contributed by atoms with van der Waals surface area (Å²) in [5, 5.41) is -0.493. The lowest BCUT2D eigenvalue weighted by Gasteiger charge is -2.18. The molecule has 0 bridgehead atoms. The summed E-state index contributed by atoms with van der Waals surface area (Å²) in [5.74, 6) is 0.0730. The maximum atomic E-state index is 12.1. The summed E-state index contributed by atoms with van der Waals surface area (Å²) in [6.45, 7) is 5.56. The van der Waals surface area contributed by atoms with Crippen molar-refractivity contribution in [1.29, 1.82) is 0 Å². The van der Waals surface area contributed by atoms with Gasteiger partial charge in [-0.25, -0.2) is 8.42 Å². The third kappa shape index (κ3) is 3.82. The van der Waals surface area contributed by atoms with Crippen molar-refractivity contribution in [3.8, 4) is 0 Å². The third-order valence-corrected chi connectivity index (χ3v) is 5.31. The van der Waals surface area contributed by atoms with E-state index < -0.39 is 15.1 Å². The Kier molecular flexibility index (Phi) is 4.71. The number of hydrogen-bond acceptors (Lipinski definition) is 3. The normalized spacial score (nSPS) is 15.5. The molecule has 0 aromatic heterocycles. The van der Waals surface area contributed by atoms with Crippen LogP contribution in [0.25, 0.3) is 0 Å². The van der Waals surface area contributed by atoms with Crippen molar-refractivity contribution in [2.75, 3.05) is 0 Å². The van der Waals surface area contributed by atoms with Gasteiger partial charge in [-0.3, -0.25) is 0 Å². The summed E-state index contributed by atoms with van der Waals surface area (Å²) in [7, 11) is -3.17. The van der Waals surface area contributed by atoms with Gasteiger partial charge in [-0.1, -0.05) is 36.8 Å². The molecule has 4 heteroatoms. The molecule has 0 aliphatic rings. The quantitative estimate of drug-likeness (QED) is 0.876. The minimum atomic E-state index is -3.17. The van der Waals surface area contributed by atoms with Crippen molar-refractivity contribution in [3.63, 3.8) is 0 Å². The monoisotopic (exact) mass is 255 g/mol. The Bertz CT molecular complexity index is 468. The molecule has 2 unspecified atom stereocenters. The first-order valence-corrected chi connectivity index (χ1v) is 7.61. The predicted octanol–water partition coefficient (Wildman–Crippen LogP) is 2.04. The van der Waals surface area contributed by atoms with Crippen LogP contribution in [0.1, 0.15) is 31.4 Å². The molecule has 3 nitrogen and oxygen atoms in total. The van der Waals surface area contributed by atoms with Gasteiger partial charge >= 0.3 is 0 Å². The van der Waals surface area contributed by atoms with Crippen molar-refractivity contribution in [1.82, 2.24) is 0 Å². The molecule has 0 aliphatic carbocycles. The minimum absolute atomic E-state index is 0.0730. The lowest BCUT2D eigenvalue weighted by Crippen LogP contribution is -2.38. The van der Waals surface area contributed by atoms with E-state index in [2.05, 4.69) is 0 Å². The Morgan fingerprint density at radius 3 is 2.53 bits per heavy atom. The number of sulfone groups is 1. The average molecular weight is 255 g/mol. The first-order chi connectivity index (χ1) is 7.86. The molecule has 0 spiro atoms. The van der Waals surface area contributed by atoms with Crippen LogP contribution in [-0.2, 0) is 15.6 Å². The molecule has 0 heterocycles. The molecular weight excluding hydrogens is 234 g/mol. The number of rotatable bonds is 5. The van der Waals surface area contributed by atoms with Gasteiger partial charge in [-0.15, -0.1) is 0 Å². The molecule has 0 radical (unpaired) electrons. The van der Waals surface area contributed by atoms with Crippen molar-refractivity contribution >= 4 is 9.84 Å². The molecular formula is C13H21NO2S.